The highest BCUT2D eigenvalue weighted by molar-refractivity contribution is 5.16. The number of ether oxygens (including phenoxy) is 2. The lowest BCUT2D eigenvalue weighted by molar-refractivity contribution is -0.273. The molecule has 4 unspecified atom stereocenters. The van der Waals surface area contributed by atoms with Gasteiger partial charge in [0.15, 0.2) is 5.79 Å². The van der Waals surface area contributed by atoms with E-state index in [1.54, 1.807) is 0 Å². The molecule has 13 atom stereocenters. The van der Waals surface area contributed by atoms with Gasteiger partial charge in [0.2, 0.25) is 0 Å². The Kier molecular flexibility index (Phi) is 4.78. The zero-order chi connectivity index (χ0) is 21.8. The molecule has 4 heteroatoms. The van der Waals surface area contributed by atoms with Crippen LogP contribution in [0, 0.1) is 52.3 Å². The van der Waals surface area contributed by atoms with Gasteiger partial charge in [0.05, 0.1) is 24.9 Å². The van der Waals surface area contributed by atoms with Crippen LogP contribution in [0.4, 0.5) is 0 Å². The Hall–Kier alpha value is -0.160. The molecule has 0 aromatic carbocycles. The van der Waals surface area contributed by atoms with Gasteiger partial charge in [-0.15, -0.1) is 0 Å². The number of aliphatic hydroxyl groups is 2. The summed E-state index contributed by atoms with van der Waals surface area (Å²) in [7, 11) is 0. The zero-order valence-electron chi connectivity index (χ0n) is 20.1. The van der Waals surface area contributed by atoms with E-state index < -0.39 is 12.2 Å². The average Bonchev–Trinajstić information content (AvgIpc) is 3.19. The molecule has 31 heavy (non-hydrogen) atoms. The summed E-state index contributed by atoms with van der Waals surface area (Å²) >= 11 is 0. The van der Waals surface area contributed by atoms with E-state index in [-0.39, 0.29) is 11.2 Å². The van der Waals surface area contributed by atoms with E-state index >= 15 is 0 Å². The third-order valence-corrected chi connectivity index (χ3v) is 12.0. The largest absolute Gasteiger partial charge is 0.390 e. The zero-order valence-corrected chi connectivity index (χ0v) is 20.1. The van der Waals surface area contributed by atoms with Gasteiger partial charge >= 0.3 is 0 Å². The van der Waals surface area contributed by atoms with E-state index in [0.29, 0.717) is 52.9 Å². The molecule has 2 N–H and O–H groups in total. The molecule has 6 rings (SSSR count). The molecule has 0 amide bonds. The normalized spacial score (nSPS) is 63.3. The third-order valence-electron chi connectivity index (χ3n) is 12.0. The minimum absolute atomic E-state index is 0.115. The standard InChI is InChI=1S/C27H44O4/c1-15-9-12-27(30-14-15)16(2)23-22(31-27)13-20-18-7-5-17-6-8-21(28)24(29)26(17,4)19(18)10-11-25(20,23)3/h15-24,28-29H,5-14H2,1-4H3/t15?,16-,17?,18+,19-,20-,21?,22-,23-,24?,25-,26-,27+/m0/s1. The van der Waals surface area contributed by atoms with Crippen LogP contribution in [0.5, 0.6) is 0 Å². The highest BCUT2D eigenvalue weighted by Gasteiger charge is 2.69. The van der Waals surface area contributed by atoms with Gasteiger partial charge in [-0.25, -0.2) is 0 Å². The van der Waals surface area contributed by atoms with Crippen molar-refractivity contribution in [3.8, 4) is 0 Å². The van der Waals surface area contributed by atoms with Crippen molar-refractivity contribution in [1.29, 1.82) is 0 Å². The lowest BCUT2D eigenvalue weighted by Crippen LogP contribution is -2.61. The van der Waals surface area contributed by atoms with Gasteiger partial charge in [-0.05, 0) is 92.3 Å². The predicted octanol–water partition coefficient (Wildman–Crippen LogP) is 4.76. The minimum Gasteiger partial charge on any atom is -0.390 e. The molecule has 176 valence electrons. The molecule has 6 aliphatic rings. The fourth-order valence-corrected chi connectivity index (χ4v) is 10.3. The van der Waals surface area contributed by atoms with Crippen LogP contribution in [0.25, 0.3) is 0 Å². The average molecular weight is 433 g/mol. The Morgan fingerprint density at radius 1 is 0.871 bits per heavy atom. The Balaban J connectivity index is 1.28. The molecular weight excluding hydrogens is 388 g/mol. The van der Waals surface area contributed by atoms with Crippen molar-refractivity contribution in [2.24, 2.45) is 52.3 Å². The maximum absolute atomic E-state index is 11.2. The van der Waals surface area contributed by atoms with Crippen LogP contribution >= 0.6 is 0 Å². The Morgan fingerprint density at radius 2 is 1.65 bits per heavy atom. The maximum atomic E-state index is 11.2. The van der Waals surface area contributed by atoms with Crippen molar-refractivity contribution in [3.05, 3.63) is 0 Å². The van der Waals surface area contributed by atoms with Crippen LogP contribution in [0.3, 0.4) is 0 Å². The topological polar surface area (TPSA) is 58.9 Å². The van der Waals surface area contributed by atoms with Gasteiger partial charge in [-0.2, -0.15) is 0 Å². The Morgan fingerprint density at radius 3 is 2.39 bits per heavy atom. The van der Waals surface area contributed by atoms with E-state index in [0.717, 1.165) is 25.9 Å². The lowest BCUT2D eigenvalue weighted by Gasteiger charge is -2.62. The maximum Gasteiger partial charge on any atom is 0.171 e. The first-order valence-corrected chi connectivity index (χ1v) is 13.4. The molecule has 4 aliphatic carbocycles. The van der Waals surface area contributed by atoms with Crippen LogP contribution in [0.15, 0.2) is 0 Å². The van der Waals surface area contributed by atoms with Crippen LogP contribution < -0.4 is 0 Å². The molecule has 4 nitrogen and oxygen atoms in total. The quantitative estimate of drug-likeness (QED) is 0.579. The first-order chi connectivity index (χ1) is 14.7. The van der Waals surface area contributed by atoms with Crippen molar-refractivity contribution < 1.29 is 19.7 Å². The van der Waals surface area contributed by atoms with Crippen molar-refractivity contribution in [1.82, 2.24) is 0 Å². The second kappa shape index (κ2) is 6.93. The monoisotopic (exact) mass is 432 g/mol. The molecular formula is C27H44O4. The smallest absolute Gasteiger partial charge is 0.171 e. The van der Waals surface area contributed by atoms with Crippen molar-refractivity contribution >= 4 is 0 Å². The number of hydrogen-bond donors (Lipinski definition) is 2. The molecule has 2 aliphatic heterocycles. The molecule has 0 aromatic heterocycles. The highest BCUT2D eigenvalue weighted by Crippen LogP contribution is 2.71. The molecule has 0 radical (unpaired) electrons. The van der Waals surface area contributed by atoms with Gasteiger partial charge in [-0.1, -0.05) is 27.7 Å². The molecule has 4 saturated carbocycles. The predicted molar refractivity (Wildman–Crippen MR) is 119 cm³/mol. The fraction of sp³-hybridized carbons (Fsp3) is 1.00. The number of hydrogen-bond acceptors (Lipinski definition) is 4. The first-order valence-electron chi connectivity index (χ1n) is 13.4. The van der Waals surface area contributed by atoms with Crippen LogP contribution in [0.1, 0.15) is 85.5 Å². The summed E-state index contributed by atoms with van der Waals surface area (Å²) in [6, 6.07) is 0. The molecule has 0 aromatic rings. The summed E-state index contributed by atoms with van der Waals surface area (Å²) in [5.74, 6) is 3.86. The molecule has 0 bridgehead atoms. The number of rotatable bonds is 0. The molecule has 1 spiro atoms. The molecule has 2 saturated heterocycles. The Labute approximate surface area is 188 Å². The van der Waals surface area contributed by atoms with E-state index in [4.69, 9.17) is 9.47 Å². The second-order valence-corrected chi connectivity index (χ2v) is 13.1. The van der Waals surface area contributed by atoms with E-state index in [2.05, 4.69) is 27.7 Å². The SMILES string of the molecule is CC1CC[C@@]2(OC1)O[C@H]1C[C@H]3[C@@H]4CCC5CCC(O)C(O)[C@]5(C)[C@H]4CC[C@]3(C)[C@H]1[C@@H]2C. The van der Waals surface area contributed by atoms with Gasteiger partial charge in [0.1, 0.15) is 0 Å². The van der Waals surface area contributed by atoms with Crippen molar-refractivity contribution in [2.45, 2.75) is 110 Å². The lowest BCUT2D eigenvalue weighted by atomic mass is 9.43. The first kappa shape index (κ1) is 21.4. The number of aliphatic hydroxyl groups excluding tert-OH is 2. The fourth-order valence-electron chi connectivity index (χ4n) is 10.3. The van der Waals surface area contributed by atoms with Gasteiger partial charge in [0, 0.05) is 17.8 Å². The minimum atomic E-state index is -0.555. The van der Waals surface area contributed by atoms with Crippen molar-refractivity contribution in [3.63, 3.8) is 0 Å². The van der Waals surface area contributed by atoms with E-state index in [1.807, 2.05) is 0 Å². The summed E-state index contributed by atoms with van der Waals surface area (Å²) in [5.41, 5.74) is 0.207. The van der Waals surface area contributed by atoms with Gasteiger partial charge in [-0.3, -0.25) is 0 Å². The second-order valence-electron chi connectivity index (χ2n) is 13.1. The summed E-state index contributed by atoms with van der Waals surface area (Å²) in [6.07, 6.45) is 9.53. The van der Waals surface area contributed by atoms with E-state index in [1.165, 1.54) is 38.5 Å². The van der Waals surface area contributed by atoms with Crippen LogP contribution in [0.2, 0.25) is 0 Å². The summed E-state index contributed by atoms with van der Waals surface area (Å²) in [6.45, 7) is 10.4. The third kappa shape index (κ3) is 2.68. The van der Waals surface area contributed by atoms with Gasteiger partial charge in [0.25, 0.3) is 0 Å². The molecule has 6 fully saturated rings. The highest BCUT2D eigenvalue weighted by atomic mass is 16.7. The van der Waals surface area contributed by atoms with Gasteiger partial charge < -0.3 is 19.7 Å². The summed E-state index contributed by atoms with van der Waals surface area (Å²) < 4.78 is 13.3. The molecule has 2 heterocycles. The Bertz CT molecular complexity index is 712. The summed E-state index contributed by atoms with van der Waals surface area (Å²) in [5, 5.41) is 21.7. The van der Waals surface area contributed by atoms with Crippen LogP contribution in [-0.4, -0.2) is 40.9 Å². The van der Waals surface area contributed by atoms with E-state index in [9.17, 15) is 10.2 Å². The number of fused-ring (bicyclic) bond motifs is 7. The summed E-state index contributed by atoms with van der Waals surface area (Å²) in [4.78, 5) is 0. The van der Waals surface area contributed by atoms with Crippen LogP contribution in [-0.2, 0) is 9.47 Å². The van der Waals surface area contributed by atoms with Crippen molar-refractivity contribution in [2.75, 3.05) is 6.61 Å².